The second-order valence-corrected chi connectivity index (χ2v) is 5.39. The Morgan fingerprint density at radius 1 is 1.00 bits per heavy atom. The molecule has 0 spiro atoms. The van der Waals surface area contributed by atoms with Gasteiger partial charge in [-0.05, 0) is 23.1 Å². The van der Waals surface area contributed by atoms with Gasteiger partial charge < -0.3 is 9.47 Å². The Morgan fingerprint density at radius 2 is 1.57 bits per heavy atom. The van der Waals surface area contributed by atoms with Crippen LogP contribution in [0, 0.1) is 0 Å². The summed E-state index contributed by atoms with van der Waals surface area (Å²) in [6.07, 6.45) is -5.13. The van der Waals surface area contributed by atoms with Gasteiger partial charge >= 0.3 is 18.1 Å². The fraction of sp³-hybridized carbons (Fsp3) is 0.429. The molecule has 0 N–H and O–H groups in total. The molecule has 0 aromatic heterocycles. The van der Waals surface area contributed by atoms with Crippen molar-refractivity contribution in [3.63, 3.8) is 0 Å². The number of rotatable bonds is 2. The molecule has 0 aliphatic rings. The zero-order valence-electron chi connectivity index (χ0n) is 12.0. The van der Waals surface area contributed by atoms with Crippen LogP contribution in [0.5, 0.6) is 11.5 Å². The summed E-state index contributed by atoms with van der Waals surface area (Å²) in [5.41, 5.74) is 0.247. The highest BCUT2D eigenvalue weighted by molar-refractivity contribution is 5.79. The van der Waals surface area contributed by atoms with Crippen molar-refractivity contribution in [3.8, 4) is 11.5 Å². The van der Waals surface area contributed by atoms with E-state index in [4.69, 9.17) is 4.74 Å². The van der Waals surface area contributed by atoms with E-state index in [1.54, 1.807) is 6.07 Å². The molecule has 4 nitrogen and oxygen atoms in total. The average Bonchev–Trinajstić information content (AvgIpc) is 2.27. The van der Waals surface area contributed by atoms with E-state index in [1.807, 2.05) is 20.8 Å². The maximum Gasteiger partial charge on any atom is 0.491 e. The van der Waals surface area contributed by atoms with Crippen LogP contribution in [0.2, 0.25) is 0 Å². The molecule has 0 atom stereocenters. The number of hydrogen-bond acceptors (Lipinski definition) is 4. The first kappa shape index (κ1) is 17.0. The van der Waals surface area contributed by atoms with E-state index in [0.29, 0.717) is 5.56 Å². The minimum Gasteiger partial charge on any atom is -0.423 e. The number of esters is 2. The van der Waals surface area contributed by atoms with Gasteiger partial charge in [0, 0.05) is 6.92 Å². The predicted molar refractivity (Wildman–Crippen MR) is 68.1 cm³/mol. The Balaban J connectivity index is 3.23. The van der Waals surface area contributed by atoms with Crippen molar-refractivity contribution < 1.29 is 32.2 Å². The number of halogens is 3. The first-order valence-electron chi connectivity index (χ1n) is 6.03. The summed E-state index contributed by atoms with van der Waals surface area (Å²) < 4.78 is 45.9. The van der Waals surface area contributed by atoms with Gasteiger partial charge in [-0.2, -0.15) is 13.2 Å². The maximum absolute atomic E-state index is 12.3. The molecule has 7 heteroatoms. The minimum absolute atomic E-state index is 0.242. The third kappa shape index (κ3) is 4.77. The molecule has 0 radical (unpaired) electrons. The van der Waals surface area contributed by atoms with Crippen molar-refractivity contribution >= 4 is 11.9 Å². The van der Waals surface area contributed by atoms with Crippen LogP contribution in [0.1, 0.15) is 33.3 Å². The van der Waals surface area contributed by atoms with Crippen molar-refractivity contribution in [2.24, 2.45) is 0 Å². The minimum atomic E-state index is -5.13. The lowest BCUT2D eigenvalue weighted by Gasteiger charge is -2.21. The molecule has 0 amide bonds. The fourth-order valence-electron chi connectivity index (χ4n) is 1.45. The Hall–Kier alpha value is -2.05. The van der Waals surface area contributed by atoms with Gasteiger partial charge in [-0.3, -0.25) is 4.79 Å². The Labute approximate surface area is 119 Å². The number of ether oxygens (including phenoxy) is 2. The lowest BCUT2D eigenvalue weighted by molar-refractivity contribution is -0.189. The molecule has 1 aromatic rings. The number of carbonyl (C=O) groups excluding carboxylic acids is 2. The van der Waals surface area contributed by atoms with Crippen molar-refractivity contribution in [2.75, 3.05) is 0 Å². The molecule has 0 heterocycles. The van der Waals surface area contributed by atoms with E-state index >= 15 is 0 Å². The Kier molecular flexibility index (Phi) is 4.65. The molecule has 0 bridgehead atoms. The number of hydrogen-bond donors (Lipinski definition) is 0. The molecule has 0 aliphatic carbocycles. The second kappa shape index (κ2) is 5.75. The van der Waals surface area contributed by atoms with Gasteiger partial charge in [0.05, 0.1) is 0 Å². The Morgan fingerprint density at radius 3 is 2.00 bits per heavy atom. The zero-order valence-corrected chi connectivity index (χ0v) is 12.0. The molecule has 1 aromatic carbocycles. The van der Waals surface area contributed by atoms with Crippen LogP contribution >= 0.6 is 0 Å². The third-order valence-corrected chi connectivity index (χ3v) is 2.50. The molecular formula is C14H15F3O4. The number of carbonyl (C=O) groups is 2. The van der Waals surface area contributed by atoms with Crippen LogP contribution in [0.25, 0.3) is 0 Å². The molecule has 116 valence electrons. The number of alkyl halides is 3. The first-order valence-corrected chi connectivity index (χ1v) is 6.03. The molecule has 21 heavy (non-hydrogen) atoms. The lowest BCUT2D eigenvalue weighted by Crippen LogP contribution is -2.28. The SMILES string of the molecule is CC(=O)Oc1ccc(C(C)(C)C)cc1OC(=O)C(F)(F)F. The summed E-state index contributed by atoms with van der Waals surface area (Å²) in [6, 6.07) is 4.13. The highest BCUT2D eigenvalue weighted by Crippen LogP contribution is 2.34. The van der Waals surface area contributed by atoms with Crippen molar-refractivity contribution in [1.82, 2.24) is 0 Å². The van der Waals surface area contributed by atoms with E-state index in [2.05, 4.69) is 4.74 Å². The summed E-state index contributed by atoms with van der Waals surface area (Å²) >= 11 is 0. The molecule has 1 rings (SSSR count). The quantitative estimate of drug-likeness (QED) is 0.621. The van der Waals surface area contributed by atoms with Crippen LogP contribution in [0.4, 0.5) is 13.2 Å². The summed E-state index contributed by atoms with van der Waals surface area (Å²) in [7, 11) is 0. The molecular weight excluding hydrogens is 289 g/mol. The van der Waals surface area contributed by atoms with Gasteiger partial charge in [-0.15, -0.1) is 0 Å². The monoisotopic (exact) mass is 304 g/mol. The van der Waals surface area contributed by atoms with Crippen LogP contribution in [0.15, 0.2) is 18.2 Å². The van der Waals surface area contributed by atoms with Crippen LogP contribution in [-0.2, 0) is 15.0 Å². The Bertz CT molecular complexity index is 556. The molecule has 0 fully saturated rings. The molecule has 0 aliphatic heterocycles. The maximum atomic E-state index is 12.3. The van der Waals surface area contributed by atoms with Gasteiger partial charge in [0.25, 0.3) is 0 Å². The van der Waals surface area contributed by atoms with Gasteiger partial charge in [0.1, 0.15) is 0 Å². The summed E-state index contributed by atoms with van der Waals surface area (Å²) in [5.74, 6) is -3.79. The molecule has 0 unspecified atom stereocenters. The molecule has 0 saturated heterocycles. The standard InChI is InChI=1S/C14H15F3O4/c1-8(18)20-10-6-5-9(13(2,3)4)7-11(10)21-12(19)14(15,16)17/h5-7H,1-4H3. The van der Waals surface area contributed by atoms with E-state index in [9.17, 15) is 22.8 Å². The van der Waals surface area contributed by atoms with Crippen LogP contribution in [-0.4, -0.2) is 18.1 Å². The smallest absolute Gasteiger partial charge is 0.423 e. The highest BCUT2D eigenvalue weighted by atomic mass is 19.4. The average molecular weight is 304 g/mol. The topological polar surface area (TPSA) is 52.6 Å². The van der Waals surface area contributed by atoms with Gasteiger partial charge in [0.15, 0.2) is 11.5 Å². The summed E-state index contributed by atoms with van der Waals surface area (Å²) in [5, 5.41) is 0. The third-order valence-electron chi connectivity index (χ3n) is 2.50. The van der Waals surface area contributed by atoms with Crippen molar-refractivity contribution in [2.45, 2.75) is 39.3 Å². The van der Waals surface area contributed by atoms with Gasteiger partial charge in [0.2, 0.25) is 0 Å². The first-order chi connectivity index (χ1) is 9.41. The van der Waals surface area contributed by atoms with Crippen LogP contribution in [0.3, 0.4) is 0 Å². The normalized spacial score (nSPS) is 12.0. The van der Waals surface area contributed by atoms with E-state index in [-0.39, 0.29) is 11.2 Å². The summed E-state index contributed by atoms with van der Waals surface area (Å²) in [4.78, 5) is 21.9. The van der Waals surface area contributed by atoms with Crippen molar-refractivity contribution in [1.29, 1.82) is 0 Å². The number of benzene rings is 1. The summed E-state index contributed by atoms with van der Waals surface area (Å²) in [6.45, 7) is 6.60. The lowest BCUT2D eigenvalue weighted by atomic mass is 9.87. The van der Waals surface area contributed by atoms with E-state index in [0.717, 1.165) is 6.92 Å². The van der Waals surface area contributed by atoms with Crippen molar-refractivity contribution in [3.05, 3.63) is 23.8 Å². The van der Waals surface area contributed by atoms with Gasteiger partial charge in [-0.25, -0.2) is 4.79 Å². The van der Waals surface area contributed by atoms with Crippen LogP contribution < -0.4 is 9.47 Å². The highest BCUT2D eigenvalue weighted by Gasteiger charge is 2.42. The predicted octanol–water partition coefficient (Wildman–Crippen LogP) is 3.38. The van der Waals surface area contributed by atoms with E-state index < -0.39 is 23.9 Å². The molecule has 0 saturated carbocycles. The second-order valence-electron chi connectivity index (χ2n) is 5.39. The van der Waals surface area contributed by atoms with Gasteiger partial charge in [-0.1, -0.05) is 26.8 Å². The largest absolute Gasteiger partial charge is 0.491 e. The zero-order chi connectivity index (χ0) is 16.4. The fourth-order valence-corrected chi connectivity index (χ4v) is 1.45. The van der Waals surface area contributed by atoms with E-state index in [1.165, 1.54) is 12.1 Å².